The third-order valence-corrected chi connectivity index (χ3v) is 4.65. The molecule has 1 aliphatic rings. The van der Waals surface area contributed by atoms with E-state index < -0.39 is 0 Å². The second kappa shape index (κ2) is 6.48. The summed E-state index contributed by atoms with van der Waals surface area (Å²) in [5.41, 5.74) is 2.02. The van der Waals surface area contributed by atoms with E-state index >= 15 is 0 Å². The Labute approximate surface area is 130 Å². The largest absolute Gasteiger partial charge is 0.393 e. The van der Waals surface area contributed by atoms with Gasteiger partial charge in [0.2, 0.25) is 5.91 Å². The van der Waals surface area contributed by atoms with Crippen LogP contribution in [-0.4, -0.2) is 45.2 Å². The number of carbonyl (C=O) groups is 1. The minimum atomic E-state index is -0.243. The van der Waals surface area contributed by atoms with E-state index in [4.69, 9.17) is 0 Å². The molecule has 5 heteroatoms. The molecule has 1 fully saturated rings. The molecule has 2 atom stereocenters. The van der Waals surface area contributed by atoms with E-state index in [9.17, 15) is 9.90 Å². The third-order valence-electron chi connectivity index (χ3n) is 4.65. The zero-order valence-electron chi connectivity index (χ0n) is 13.0. The number of hydrogen-bond acceptors (Lipinski definition) is 3. The highest BCUT2D eigenvalue weighted by Gasteiger charge is 2.27. The first kappa shape index (κ1) is 15.0. The molecule has 3 rings (SSSR count). The van der Waals surface area contributed by atoms with Crippen molar-refractivity contribution < 1.29 is 9.90 Å². The lowest BCUT2D eigenvalue weighted by Gasteiger charge is -2.23. The second-order valence-electron chi connectivity index (χ2n) is 6.21. The van der Waals surface area contributed by atoms with Gasteiger partial charge in [-0.3, -0.25) is 4.79 Å². The Balaban J connectivity index is 1.55. The minimum Gasteiger partial charge on any atom is -0.393 e. The lowest BCUT2D eigenvalue weighted by atomic mass is 10.1. The van der Waals surface area contributed by atoms with Crippen LogP contribution in [0.2, 0.25) is 0 Å². The number of aliphatic hydroxyl groups excluding tert-OH is 1. The van der Waals surface area contributed by atoms with Gasteiger partial charge in [0.1, 0.15) is 0 Å². The normalized spacial score (nSPS) is 21.4. The smallest absolute Gasteiger partial charge is 0.224 e. The SMILES string of the molecule is CN(CC1CCCC1O)C(=O)CCn1cnc2ccccc21. The van der Waals surface area contributed by atoms with Crippen molar-refractivity contribution in [2.24, 2.45) is 5.92 Å². The molecule has 1 aromatic heterocycles. The van der Waals surface area contributed by atoms with E-state index in [1.54, 1.807) is 11.2 Å². The summed E-state index contributed by atoms with van der Waals surface area (Å²) in [6.07, 6.45) is 4.96. The lowest BCUT2D eigenvalue weighted by Crippen LogP contribution is -2.34. The number of fused-ring (bicyclic) bond motifs is 1. The van der Waals surface area contributed by atoms with Gasteiger partial charge in [0.05, 0.1) is 23.5 Å². The molecule has 2 aromatic rings. The molecule has 22 heavy (non-hydrogen) atoms. The molecular formula is C17H23N3O2. The zero-order valence-corrected chi connectivity index (χ0v) is 13.0. The Bertz CT molecular complexity index is 652. The predicted molar refractivity (Wildman–Crippen MR) is 85.3 cm³/mol. The van der Waals surface area contributed by atoms with Crippen LogP contribution in [0.1, 0.15) is 25.7 Å². The van der Waals surface area contributed by atoms with Crippen molar-refractivity contribution in [3.8, 4) is 0 Å². The van der Waals surface area contributed by atoms with Gasteiger partial charge < -0.3 is 14.6 Å². The van der Waals surface area contributed by atoms with Gasteiger partial charge in [-0.15, -0.1) is 0 Å². The molecule has 118 valence electrons. The number of aliphatic hydroxyl groups is 1. The predicted octanol–water partition coefficient (Wildman–Crippen LogP) is 2.05. The number of benzene rings is 1. The first-order valence-electron chi connectivity index (χ1n) is 7.97. The van der Waals surface area contributed by atoms with E-state index in [0.29, 0.717) is 19.5 Å². The number of carbonyl (C=O) groups excluding carboxylic acids is 1. The van der Waals surface area contributed by atoms with Crippen LogP contribution in [0.5, 0.6) is 0 Å². The van der Waals surface area contributed by atoms with Crippen molar-refractivity contribution in [3.05, 3.63) is 30.6 Å². The summed E-state index contributed by atoms with van der Waals surface area (Å²) in [6.45, 7) is 1.29. The average molecular weight is 301 g/mol. The fourth-order valence-electron chi connectivity index (χ4n) is 3.28. The number of amides is 1. The molecular weight excluding hydrogens is 278 g/mol. The number of aromatic nitrogens is 2. The summed E-state index contributed by atoms with van der Waals surface area (Å²) in [7, 11) is 1.83. The summed E-state index contributed by atoms with van der Waals surface area (Å²) < 4.78 is 2.02. The van der Waals surface area contributed by atoms with E-state index in [0.717, 1.165) is 30.3 Å². The van der Waals surface area contributed by atoms with Crippen molar-refractivity contribution in [2.45, 2.75) is 38.3 Å². The molecule has 1 amide bonds. The van der Waals surface area contributed by atoms with Crippen LogP contribution in [0.15, 0.2) is 30.6 Å². The van der Waals surface area contributed by atoms with Gasteiger partial charge >= 0.3 is 0 Å². The van der Waals surface area contributed by atoms with Gasteiger partial charge in [0.25, 0.3) is 0 Å². The van der Waals surface area contributed by atoms with Crippen molar-refractivity contribution >= 4 is 16.9 Å². The summed E-state index contributed by atoms with van der Waals surface area (Å²) in [6, 6.07) is 7.94. The van der Waals surface area contributed by atoms with Crippen molar-refractivity contribution in [3.63, 3.8) is 0 Å². The third kappa shape index (κ3) is 3.14. The summed E-state index contributed by atoms with van der Waals surface area (Å²) in [5, 5.41) is 9.87. The van der Waals surface area contributed by atoms with Gasteiger partial charge in [-0.2, -0.15) is 0 Å². The number of aryl methyl sites for hydroxylation is 1. The quantitative estimate of drug-likeness (QED) is 0.919. The molecule has 1 heterocycles. The van der Waals surface area contributed by atoms with Crippen LogP contribution in [0.4, 0.5) is 0 Å². The molecule has 0 radical (unpaired) electrons. The highest BCUT2D eigenvalue weighted by atomic mass is 16.3. The molecule has 0 aliphatic heterocycles. The standard InChI is InChI=1S/C17H23N3O2/c1-19(11-13-5-4-8-16(13)21)17(22)9-10-20-12-18-14-6-2-3-7-15(14)20/h2-3,6-7,12-13,16,21H,4-5,8-11H2,1H3. The summed E-state index contributed by atoms with van der Waals surface area (Å²) >= 11 is 0. The van der Waals surface area contributed by atoms with Gasteiger partial charge in [0, 0.05) is 32.5 Å². The van der Waals surface area contributed by atoms with Crippen molar-refractivity contribution in [1.82, 2.24) is 14.5 Å². The highest BCUT2D eigenvalue weighted by Crippen LogP contribution is 2.26. The number of nitrogens with zero attached hydrogens (tertiary/aromatic N) is 3. The number of imidazole rings is 1. The number of rotatable bonds is 5. The van der Waals surface area contributed by atoms with Crippen LogP contribution in [0, 0.1) is 5.92 Å². The van der Waals surface area contributed by atoms with Gasteiger partial charge in [-0.05, 0) is 25.0 Å². The topological polar surface area (TPSA) is 58.4 Å². The molecule has 2 unspecified atom stereocenters. The average Bonchev–Trinajstić information content (AvgIpc) is 3.11. The monoisotopic (exact) mass is 301 g/mol. The fourth-order valence-corrected chi connectivity index (χ4v) is 3.28. The summed E-state index contributed by atoms with van der Waals surface area (Å²) in [5.74, 6) is 0.361. The first-order valence-corrected chi connectivity index (χ1v) is 7.97. The van der Waals surface area contributed by atoms with Crippen LogP contribution >= 0.6 is 0 Å². The second-order valence-corrected chi connectivity index (χ2v) is 6.21. The maximum absolute atomic E-state index is 12.3. The highest BCUT2D eigenvalue weighted by molar-refractivity contribution is 5.77. The van der Waals surface area contributed by atoms with Crippen LogP contribution in [0.3, 0.4) is 0 Å². The fraction of sp³-hybridized carbons (Fsp3) is 0.529. The van der Waals surface area contributed by atoms with Crippen molar-refractivity contribution in [1.29, 1.82) is 0 Å². The molecule has 1 N–H and O–H groups in total. The molecule has 0 saturated heterocycles. The van der Waals surface area contributed by atoms with Crippen molar-refractivity contribution in [2.75, 3.05) is 13.6 Å². The molecule has 0 spiro atoms. The van der Waals surface area contributed by atoms with E-state index in [1.807, 2.05) is 35.9 Å². The Morgan fingerprint density at radius 2 is 2.23 bits per heavy atom. The molecule has 1 aromatic carbocycles. The van der Waals surface area contributed by atoms with Gasteiger partial charge in [0.15, 0.2) is 0 Å². The molecule has 5 nitrogen and oxygen atoms in total. The van der Waals surface area contributed by atoms with E-state index in [2.05, 4.69) is 4.98 Å². The lowest BCUT2D eigenvalue weighted by molar-refractivity contribution is -0.131. The van der Waals surface area contributed by atoms with Crippen LogP contribution in [-0.2, 0) is 11.3 Å². The Kier molecular flexibility index (Phi) is 4.43. The minimum absolute atomic E-state index is 0.122. The maximum Gasteiger partial charge on any atom is 0.224 e. The molecule has 0 bridgehead atoms. The maximum atomic E-state index is 12.3. The van der Waals surface area contributed by atoms with E-state index in [-0.39, 0.29) is 17.9 Å². The van der Waals surface area contributed by atoms with Crippen LogP contribution in [0.25, 0.3) is 11.0 Å². The first-order chi connectivity index (χ1) is 10.6. The Hall–Kier alpha value is -1.88. The van der Waals surface area contributed by atoms with Crippen LogP contribution < -0.4 is 0 Å². The van der Waals surface area contributed by atoms with Gasteiger partial charge in [-0.25, -0.2) is 4.98 Å². The van der Waals surface area contributed by atoms with E-state index in [1.165, 1.54) is 0 Å². The molecule has 1 aliphatic carbocycles. The number of hydrogen-bond donors (Lipinski definition) is 1. The van der Waals surface area contributed by atoms with Gasteiger partial charge in [-0.1, -0.05) is 18.6 Å². The Morgan fingerprint density at radius 3 is 3.00 bits per heavy atom. The Morgan fingerprint density at radius 1 is 1.41 bits per heavy atom. The summed E-state index contributed by atoms with van der Waals surface area (Å²) in [4.78, 5) is 18.4. The number of para-hydroxylation sites is 2. The molecule has 1 saturated carbocycles. The zero-order chi connectivity index (χ0) is 15.5.